The topological polar surface area (TPSA) is 71.1 Å². The second kappa shape index (κ2) is 7.52. The van der Waals surface area contributed by atoms with E-state index in [0.717, 1.165) is 5.70 Å². The van der Waals surface area contributed by atoms with Crippen LogP contribution in [-0.2, 0) is 9.59 Å². The van der Waals surface area contributed by atoms with E-state index in [4.69, 9.17) is 0 Å². The number of Topliss-reactive ketones (excluding diaryl/α,β-unsaturated/α-hetero) is 1. The van der Waals surface area contributed by atoms with E-state index in [0.29, 0.717) is 41.1 Å². The number of aromatic nitrogens is 1. The van der Waals surface area contributed by atoms with Gasteiger partial charge in [-0.15, -0.1) is 0 Å². The fourth-order valence-corrected chi connectivity index (χ4v) is 4.34. The minimum atomic E-state index is -0.570. The first-order chi connectivity index (χ1) is 14.2. The van der Waals surface area contributed by atoms with Gasteiger partial charge in [0.2, 0.25) is 0 Å². The molecule has 1 unspecified atom stereocenters. The molecule has 1 atom stereocenters. The number of halogens is 1. The molecule has 1 aromatic carbocycles. The fraction of sp³-hybridized carbons (Fsp3) is 0.292. The summed E-state index contributed by atoms with van der Waals surface area (Å²) in [4.78, 5) is 30.9. The molecule has 30 heavy (non-hydrogen) atoms. The van der Waals surface area contributed by atoms with Crippen LogP contribution in [-0.4, -0.2) is 16.7 Å². The number of nitrogens with one attached hydrogen (secondary N) is 2. The van der Waals surface area contributed by atoms with Crippen LogP contribution in [0.15, 0.2) is 71.2 Å². The van der Waals surface area contributed by atoms with Crippen LogP contribution in [0.1, 0.15) is 45.2 Å². The molecular formula is C24H24FN3O2. The van der Waals surface area contributed by atoms with Gasteiger partial charge in [-0.3, -0.25) is 14.6 Å². The summed E-state index contributed by atoms with van der Waals surface area (Å²) in [6, 6.07) is 11.2. The van der Waals surface area contributed by atoms with Gasteiger partial charge < -0.3 is 10.6 Å². The molecule has 154 valence electrons. The minimum absolute atomic E-state index is 0.0213. The van der Waals surface area contributed by atoms with Crippen LogP contribution in [0.5, 0.6) is 0 Å². The standard InChI is InChI=1S/C24H24FN3O2/c1-14-20(23(30)28-16-8-6-7-15(25)11-16)22(17-9-4-5-10-26-17)21-18(27-14)12-24(2,3)13-19(21)29/h4-11,22,27H,12-13H2,1-3H3,(H,28,30). The molecule has 1 amide bonds. The molecule has 0 saturated carbocycles. The highest BCUT2D eigenvalue weighted by atomic mass is 19.1. The van der Waals surface area contributed by atoms with Crippen molar-refractivity contribution in [2.24, 2.45) is 5.41 Å². The number of anilines is 1. The Bertz CT molecular complexity index is 1090. The number of amides is 1. The SMILES string of the molecule is CC1=C(C(=O)Nc2cccc(F)c2)C(c2ccccn2)C2=C(CC(C)(C)CC2=O)N1. The lowest BCUT2D eigenvalue weighted by Gasteiger charge is -2.39. The fourth-order valence-electron chi connectivity index (χ4n) is 4.34. The number of pyridine rings is 1. The van der Waals surface area contributed by atoms with Crippen molar-refractivity contribution in [2.75, 3.05) is 5.32 Å². The Kier molecular flexibility index (Phi) is 5.02. The number of benzene rings is 1. The first-order valence-corrected chi connectivity index (χ1v) is 9.97. The summed E-state index contributed by atoms with van der Waals surface area (Å²) in [5.41, 5.74) is 3.39. The Morgan fingerprint density at radius 3 is 2.70 bits per heavy atom. The van der Waals surface area contributed by atoms with Gasteiger partial charge in [0.1, 0.15) is 5.82 Å². The number of ketones is 1. The Labute approximate surface area is 175 Å². The van der Waals surface area contributed by atoms with Crippen molar-refractivity contribution in [3.63, 3.8) is 0 Å². The van der Waals surface area contributed by atoms with Crippen molar-refractivity contribution in [1.82, 2.24) is 10.3 Å². The number of rotatable bonds is 3. The van der Waals surface area contributed by atoms with Crippen molar-refractivity contribution < 1.29 is 14.0 Å². The van der Waals surface area contributed by atoms with Crippen molar-refractivity contribution in [1.29, 1.82) is 0 Å². The Balaban J connectivity index is 1.79. The van der Waals surface area contributed by atoms with E-state index in [2.05, 4.69) is 29.5 Å². The summed E-state index contributed by atoms with van der Waals surface area (Å²) < 4.78 is 13.6. The lowest BCUT2D eigenvalue weighted by molar-refractivity contribution is -0.118. The van der Waals surface area contributed by atoms with Crippen LogP contribution >= 0.6 is 0 Å². The van der Waals surface area contributed by atoms with E-state index in [1.165, 1.54) is 18.2 Å². The first kappa shape index (κ1) is 20.0. The second-order valence-corrected chi connectivity index (χ2v) is 8.65. The zero-order valence-corrected chi connectivity index (χ0v) is 17.3. The number of hydrogen-bond donors (Lipinski definition) is 2. The molecular weight excluding hydrogens is 381 g/mol. The quantitative estimate of drug-likeness (QED) is 0.791. The highest BCUT2D eigenvalue weighted by Gasteiger charge is 2.43. The van der Waals surface area contributed by atoms with Gasteiger partial charge in [0.05, 0.1) is 11.6 Å². The average Bonchev–Trinajstić information content (AvgIpc) is 2.66. The lowest BCUT2D eigenvalue weighted by atomic mass is 9.69. The van der Waals surface area contributed by atoms with E-state index in [1.807, 2.05) is 19.1 Å². The Morgan fingerprint density at radius 2 is 2.00 bits per heavy atom. The zero-order valence-electron chi connectivity index (χ0n) is 17.3. The third kappa shape index (κ3) is 3.77. The van der Waals surface area contributed by atoms with Crippen molar-refractivity contribution in [2.45, 2.75) is 39.5 Å². The van der Waals surface area contributed by atoms with E-state index in [1.54, 1.807) is 18.3 Å². The van der Waals surface area contributed by atoms with Crippen molar-refractivity contribution >= 4 is 17.4 Å². The largest absolute Gasteiger partial charge is 0.362 e. The van der Waals surface area contributed by atoms with Crippen LogP contribution in [0.25, 0.3) is 0 Å². The molecule has 0 radical (unpaired) electrons. The number of carbonyl (C=O) groups is 2. The van der Waals surface area contributed by atoms with Crippen LogP contribution in [0.4, 0.5) is 10.1 Å². The summed E-state index contributed by atoms with van der Waals surface area (Å²) in [7, 11) is 0. The maximum absolute atomic E-state index is 13.6. The molecule has 6 heteroatoms. The molecule has 0 spiro atoms. The summed E-state index contributed by atoms with van der Waals surface area (Å²) in [6.45, 7) is 5.96. The predicted molar refractivity (Wildman–Crippen MR) is 113 cm³/mol. The molecule has 0 saturated heterocycles. The number of nitrogens with zero attached hydrogens (tertiary/aromatic N) is 1. The molecule has 1 aliphatic heterocycles. The predicted octanol–water partition coefficient (Wildman–Crippen LogP) is 4.46. The Morgan fingerprint density at radius 1 is 1.20 bits per heavy atom. The van der Waals surface area contributed by atoms with Crippen molar-refractivity contribution in [3.05, 3.63) is 82.7 Å². The molecule has 4 rings (SSSR count). The number of carbonyl (C=O) groups excluding carboxylic acids is 2. The van der Waals surface area contributed by atoms with Gasteiger partial charge in [-0.2, -0.15) is 0 Å². The summed E-state index contributed by atoms with van der Waals surface area (Å²) >= 11 is 0. The second-order valence-electron chi connectivity index (χ2n) is 8.65. The molecule has 2 N–H and O–H groups in total. The summed E-state index contributed by atoms with van der Waals surface area (Å²) in [6.07, 6.45) is 2.79. The average molecular weight is 405 g/mol. The maximum Gasteiger partial charge on any atom is 0.254 e. The highest BCUT2D eigenvalue weighted by molar-refractivity contribution is 6.09. The third-order valence-corrected chi connectivity index (χ3v) is 5.55. The highest BCUT2D eigenvalue weighted by Crippen LogP contribution is 2.46. The molecule has 1 aliphatic carbocycles. The summed E-state index contributed by atoms with van der Waals surface area (Å²) in [5, 5.41) is 6.08. The van der Waals surface area contributed by atoms with Gasteiger partial charge in [0.25, 0.3) is 5.91 Å². The molecule has 0 bridgehead atoms. The lowest BCUT2D eigenvalue weighted by Crippen LogP contribution is -2.39. The molecule has 2 aromatic rings. The normalized spacial score (nSPS) is 20.5. The van der Waals surface area contributed by atoms with E-state index in [-0.39, 0.29) is 17.1 Å². The third-order valence-electron chi connectivity index (χ3n) is 5.55. The van der Waals surface area contributed by atoms with E-state index < -0.39 is 11.7 Å². The van der Waals surface area contributed by atoms with Gasteiger partial charge in [0, 0.05) is 40.8 Å². The smallest absolute Gasteiger partial charge is 0.254 e. The minimum Gasteiger partial charge on any atom is -0.362 e. The van der Waals surface area contributed by atoms with Gasteiger partial charge in [-0.05, 0) is 49.1 Å². The number of allylic oxidation sites excluding steroid dienone is 3. The van der Waals surface area contributed by atoms with Crippen LogP contribution < -0.4 is 10.6 Å². The molecule has 2 heterocycles. The first-order valence-electron chi connectivity index (χ1n) is 9.97. The molecule has 2 aliphatic rings. The van der Waals surface area contributed by atoms with Crippen LogP contribution in [0, 0.1) is 11.2 Å². The molecule has 5 nitrogen and oxygen atoms in total. The van der Waals surface area contributed by atoms with Gasteiger partial charge in [0.15, 0.2) is 5.78 Å². The van der Waals surface area contributed by atoms with E-state index >= 15 is 0 Å². The molecule has 1 aromatic heterocycles. The van der Waals surface area contributed by atoms with Gasteiger partial charge in [-0.1, -0.05) is 26.0 Å². The van der Waals surface area contributed by atoms with Gasteiger partial charge in [-0.25, -0.2) is 4.39 Å². The summed E-state index contributed by atoms with van der Waals surface area (Å²) in [5.74, 6) is -1.37. The van der Waals surface area contributed by atoms with Crippen molar-refractivity contribution in [3.8, 4) is 0 Å². The molecule has 0 fully saturated rings. The monoisotopic (exact) mass is 405 g/mol. The number of hydrogen-bond acceptors (Lipinski definition) is 4. The van der Waals surface area contributed by atoms with E-state index in [9.17, 15) is 14.0 Å². The zero-order chi connectivity index (χ0) is 21.5. The van der Waals surface area contributed by atoms with Crippen LogP contribution in [0.3, 0.4) is 0 Å². The Hall–Kier alpha value is -3.28. The number of dihydropyridines is 1. The maximum atomic E-state index is 13.6. The van der Waals surface area contributed by atoms with Gasteiger partial charge >= 0.3 is 0 Å². The van der Waals surface area contributed by atoms with Crippen LogP contribution in [0.2, 0.25) is 0 Å².